The average molecular weight is 435 g/mol. The van der Waals surface area contributed by atoms with Gasteiger partial charge in [-0.1, -0.05) is 70.1 Å². The number of aromatic nitrogens is 1. The molecule has 3 heteroatoms. The molecule has 3 rings (SSSR count). The van der Waals surface area contributed by atoms with Crippen molar-refractivity contribution in [2.45, 2.75) is 109 Å². The second kappa shape index (κ2) is 13.4. The summed E-state index contributed by atoms with van der Waals surface area (Å²) in [5.74, 6) is 1.62. The molecule has 2 nitrogen and oxygen atoms in total. The van der Waals surface area contributed by atoms with Crippen LogP contribution >= 0.6 is 0 Å². The summed E-state index contributed by atoms with van der Waals surface area (Å²) in [5.41, 5.74) is 4.48. The fourth-order valence-electron chi connectivity index (χ4n) is 6.67. The van der Waals surface area contributed by atoms with E-state index in [4.69, 9.17) is 0 Å². The molecular weight excluding hydrogens is 387 g/mol. The molecule has 32 heavy (non-hydrogen) atoms. The maximum Gasteiger partial charge on any atom is 0.181 e. The molecule has 2 aliphatic rings. The van der Waals surface area contributed by atoms with E-state index < -0.39 is 0 Å². The van der Waals surface area contributed by atoms with Crippen LogP contribution in [0.5, 0.6) is 0 Å². The van der Waals surface area contributed by atoms with Crippen molar-refractivity contribution < 1.29 is 0 Å². The predicted octanol–water partition coefficient (Wildman–Crippen LogP) is 7.46. The molecule has 0 aliphatic heterocycles. The Balaban J connectivity index is 1.67. The third-order valence-corrected chi connectivity index (χ3v) is 8.48. The van der Waals surface area contributed by atoms with Crippen molar-refractivity contribution in [3.8, 4) is 0 Å². The minimum atomic E-state index is 0.628. The highest BCUT2D eigenvalue weighted by atomic mass is 14.7. The molecule has 3 atom stereocenters. The zero-order valence-corrected chi connectivity index (χ0v) is 21.0. The van der Waals surface area contributed by atoms with Crippen LogP contribution in [-0.4, -0.2) is 19.5 Å². The first kappa shape index (κ1) is 25.3. The summed E-state index contributed by atoms with van der Waals surface area (Å²) in [7, 11) is 2.10. The van der Waals surface area contributed by atoms with E-state index in [2.05, 4.69) is 49.9 Å². The molecule has 0 amide bonds. The fraction of sp³-hybridized carbons (Fsp3) is 0.690. The van der Waals surface area contributed by atoms with Gasteiger partial charge in [-0.05, 0) is 93.4 Å². The van der Waals surface area contributed by atoms with Crippen LogP contribution in [0.4, 0.5) is 0 Å². The zero-order valence-electron chi connectivity index (χ0n) is 21.0. The number of nitrogens with zero attached hydrogens (tertiary/aromatic N) is 1. The lowest BCUT2D eigenvalue weighted by Gasteiger charge is -2.34. The number of nitrogens with one attached hydrogen (secondary N) is 1. The van der Waals surface area contributed by atoms with E-state index in [1.165, 1.54) is 114 Å². The topological polar surface area (TPSA) is 24.9 Å². The van der Waals surface area contributed by atoms with Gasteiger partial charge in [0, 0.05) is 11.8 Å². The van der Waals surface area contributed by atoms with Crippen molar-refractivity contribution in [2.24, 2.45) is 11.3 Å². The maximum absolute atomic E-state index is 4.58. The molecule has 2 aliphatic carbocycles. The van der Waals surface area contributed by atoms with Crippen LogP contribution in [0.25, 0.3) is 12.2 Å². The van der Waals surface area contributed by atoms with Crippen LogP contribution in [0, 0.1) is 11.3 Å². The Morgan fingerprint density at radius 2 is 1.69 bits per heavy atom. The van der Waals surface area contributed by atoms with E-state index in [-0.39, 0.29) is 0 Å². The molecular formula is C29H47BN2. The van der Waals surface area contributed by atoms with E-state index in [0.29, 0.717) is 11.3 Å². The van der Waals surface area contributed by atoms with Crippen molar-refractivity contribution in [1.82, 2.24) is 10.2 Å². The van der Waals surface area contributed by atoms with Gasteiger partial charge in [-0.25, -0.2) is 0 Å². The van der Waals surface area contributed by atoms with Crippen molar-refractivity contribution >= 4 is 20.1 Å². The lowest BCUT2D eigenvalue weighted by atomic mass is 9.71. The van der Waals surface area contributed by atoms with E-state index in [0.717, 1.165) is 11.6 Å². The average Bonchev–Trinajstić information content (AvgIpc) is 2.97. The predicted molar refractivity (Wildman–Crippen MR) is 144 cm³/mol. The zero-order chi connectivity index (χ0) is 22.7. The third kappa shape index (κ3) is 7.08. The third-order valence-electron chi connectivity index (χ3n) is 8.48. The van der Waals surface area contributed by atoms with E-state index in [1.807, 2.05) is 12.3 Å². The first-order valence-electron chi connectivity index (χ1n) is 13.6. The highest BCUT2D eigenvalue weighted by molar-refractivity contribution is 6.04. The van der Waals surface area contributed by atoms with Gasteiger partial charge >= 0.3 is 0 Å². The van der Waals surface area contributed by atoms with E-state index in [9.17, 15) is 0 Å². The summed E-state index contributed by atoms with van der Waals surface area (Å²) >= 11 is 0. The first-order chi connectivity index (χ1) is 15.7. The summed E-state index contributed by atoms with van der Waals surface area (Å²) in [6, 6.07) is 2.28. The van der Waals surface area contributed by atoms with Gasteiger partial charge in [0.05, 0.1) is 5.69 Å². The standard InChI is InChI=1S/C29H47BN2/c1-3-11-27-26(17-22-31-28(27)4-2)25-14-6-8-19-29(21-10-15-25)18-7-5-12-24(13-9-20-29)16-23-32-30/h3-4,11,17,22,24-25,32H,2,5-10,12-16,18-21,23,30H2,1H3/b11-3-/t24?,25?,29-/m0/s1. The molecule has 0 aromatic carbocycles. The van der Waals surface area contributed by atoms with Gasteiger partial charge in [0.1, 0.15) is 0 Å². The number of rotatable bonds is 6. The number of allylic oxidation sites excluding steroid dienone is 1. The highest BCUT2D eigenvalue weighted by Gasteiger charge is 2.31. The Morgan fingerprint density at radius 3 is 2.41 bits per heavy atom. The molecule has 0 saturated heterocycles. The first-order valence-corrected chi connectivity index (χ1v) is 13.6. The van der Waals surface area contributed by atoms with Crippen molar-refractivity contribution in [1.29, 1.82) is 0 Å². The normalized spacial score (nSPS) is 28.3. The molecule has 2 unspecified atom stereocenters. The van der Waals surface area contributed by atoms with E-state index in [1.54, 1.807) is 0 Å². The van der Waals surface area contributed by atoms with Crippen LogP contribution in [0.2, 0.25) is 0 Å². The Morgan fingerprint density at radius 1 is 1.03 bits per heavy atom. The molecule has 1 spiro atoms. The number of hydrogen-bond acceptors (Lipinski definition) is 2. The molecule has 0 bridgehead atoms. The maximum atomic E-state index is 4.58. The van der Waals surface area contributed by atoms with Crippen molar-refractivity contribution in [3.63, 3.8) is 0 Å². The quantitative estimate of drug-likeness (QED) is 0.470. The summed E-state index contributed by atoms with van der Waals surface area (Å²) in [5, 5.41) is 3.37. The van der Waals surface area contributed by atoms with Crippen LogP contribution < -0.4 is 5.23 Å². The molecule has 1 N–H and O–H groups in total. The molecule has 0 radical (unpaired) electrons. The summed E-state index contributed by atoms with van der Waals surface area (Å²) in [6.45, 7) is 7.31. The van der Waals surface area contributed by atoms with Crippen molar-refractivity contribution in [3.05, 3.63) is 41.7 Å². The van der Waals surface area contributed by atoms with Gasteiger partial charge in [0.15, 0.2) is 7.98 Å². The van der Waals surface area contributed by atoms with Gasteiger partial charge < -0.3 is 5.23 Å². The van der Waals surface area contributed by atoms with Crippen LogP contribution in [0.3, 0.4) is 0 Å². The summed E-state index contributed by atoms with van der Waals surface area (Å²) in [4.78, 5) is 4.58. The smallest absolute Gasteiger partial charge is 0.181 e. The molecule has 176 valence electrons. The van der Waals surface area contributed by atoms with Gasteiger partial charge in [0.2, 0.25) is 0 Å². The lowest BCUT2D eigenvalue weighted by molar-refractivity contribution is 0.180. The molecule has 1 aromatic rings. The Bertz CT molecular complexity index is 728. The molecule has 1 heterocycles. The SMILES string of the molecule is BNCCC1CCCC[C@]2(CCCCC(c3ccnc(C=C)c3/C=C\C)CCC2)CCC1. The van der Waals surface area contributed by atoms with Crippen LogP contribution in [-0.2, 0) is 0 Å². The van der Waals surface area contributed by atoms with Gasteiger partial charge in [-0.15, -0.1) is 0 Å². The fourth-order valence-corrected chi connectivity index (χ4v) is 6.67. The molecule has 2 fully saturated rings. The second-order valence-electron chi connectivity index (χ2n) is 10.6. The second-order valence-corrected chi connectivity index (χ2v) is 10.6. The van der Waals surface area contributed by atoms with Gasteiger partial charge in [-0.2, -0.15) is 0 Å². The Hall–Kier alpha value is -1.35. The largest absolute Gasteiger partial charge is 0.362 e. The minimum Gasteiger partial charge on any atom is -0.362 e. The van der Waals surface area contributed by atoms with Gasteiger partial charge in [-0.3, -0.25) is 4.98 Å². The van der Waals surface area contributed by atoms with Crippen LogP contribution in [0.1, 0.15) is 126 Å². The lowest BCUT2D eigenvalue weighted by Crippen LogP contribution is -2.21. The minimum absolute atomic E-state index is 0.628. The van der Waals surface area contributed by atoms with E-state index >= 15 is 0 Å². The monoisotopic (exact) mass is 434 g/mol. The van der Waals surface area contributed by atoms with Crippen LogP contribution in [0.15, 0.2) is 24.9 Å². The highest BCUT2D eigenvalue weighted by Crippen LogP contribution is 2.46. The Kier molecular flexibility index (Phi) is 10.6. The van der Waals surface area contributed by atoms with Gasteiger partial charge in [0.25, 0.3) is 0 Å². The molecule has 2 saturated carbocycles. The number of pyridine rings is 1. The summed E-state index contributed by atoms with van der Waals surface area (Å²) in [6.07, 6.45) is 29.7. The Labute approximate surface area is 199 Å². The van der Waals surface area contributed by atoms with Crippen molar-refractivity contribution in [2.75, 3.05) is 6.54 Å². The number of hydrogen-bond donors (Lipinski definition) is 1. The molecule has 1 aromatic heterocycles. The summed E-state index contributed by atoms with van der Waals surface area (Å²) < 4.78 is 0.